The van der Waals surface area contributed by atoms with Gasteiger partial charge < -0.3 is 10.0 Å². The highest BCUT2D eigenvalue weighted by Crippen LogP contribution is 2.35. The zero-order valence-corrected chi connectivity index (χ0v) is 14.6. The summed E-state index contributed by atoms with van der Waals surface area (Å²) in [6.45, 7) is 2.70. The van der Waals surface area contributed by atoms with Gasteiger partial charge in [-0.15, -0.1) is 12.4 Å². The van der Waals surface area contributed by atoms with E-state index in [1.54, 1.807) is 0 Å². The molecule has 2 heterocycles. The molecule has 1 aliphatic carbocycles. The molecular weight excluding hydrogens is 316 g/mol. The molecule has 23 heavy (non-hydrogen) atoms. The number of fused-ring (bicyclic) bond motifs is 1. The number of carboxylic acids is 1. The molecule has 1 N–H and O–H groups in total. The number of piperidine rings is 2. The number of likely N-dealkylation sites (tertiary alicyclic amines) is 2. The van der Waals surface area contributed by atoms with Crippen LogP contribution in [0.2, 0.25) is 0 Å². The summed E-state index contributed by atoms with van der Waals surface area (Å²) in [7, 11) is 0. The Bertz CT molecular complexity index is 430. The number of rotatable bonds is 3. The SMILES string of the molecule is Cl.O=C(O)C1CCCN(CC(=O)N2CCCC3CCCCC32)C1. The molecule has 6 heteroatoms. The van der Waals surface area contributed by atoms with E-state index < -0.39 is 5.97 Å². The molecule has 2 saturated heterocycles. The van der Waals surface area contributed by atoms with E-state index in [2.05, 4.69) is 9.80 Å². The lowest BCUT2D eigenvalue weighted by Crippen LogP contribution is -2.53. The first-order valence-corrected chi connectivity index (χ1v) is 8.90. The standard InChI is InChI=1S/C17H28N2O3.ClH/c20-16(12-18-9-3-7-14(11-18)17(21)22)19-10-4-6-13-5-1-2-8-15(13)19;/h13-15H,1-12H2,(H,21,22);1H. The molecule has 3 unspecified atom stereocenters. The monoisotopic (exact) mass is 344 g/mol. The summed E-state index contributed by atoms with van der Waals surface area (Å²) in [4.78, 5) is 28.1. The highest BCUT2D eigenvalue weighted by atomic mass is 35.5. The fraction of sp³-hybridized carbons (Fsp3) is 0.882. The maximum Gasteiger partial charge on any atom is 0.307 e. The maximum absolute atomic E-state index is 12.7. The van der Waals surface area contributed by atoms with Crippen molar-refractivity contribution in [2.24, 2.45) is 11.8 Å². The number of carbonyl (C=O) groups excluding carboxylic acids is 1. The summed E-state index contributed by atoms with van der Waals surface area (Å²) in [5, 5.41) is 9.17. The van der Waals surface area contributed by atoms with Gasteiger partial charge in [-0.25, -0.2) is 0 Å². The molecule has 132 valence electrons. The lowest BCUT2D eigenvalue weighted by molar-refractivity contribution is -0.146. The molecule has 2 aliphatic heterocycles. The van der Waals surface area contributed by atoms with Crippen LogP contribution in [0.25, 0.3) is 0 Å². The summed E-state index contributed by atoms with van der Waals surface area (Å²) in [6.07, 6.45) is 9.04. The molecule has 0 bridgehead atoms. The molecule has 1 amide bonds. The summed E-state index contributed by atoms with van der Waals surface area (Å²) < 4.78 is 0. The minimum Gasteiger partial charge on any atom is -0.481 e. The number of hydrogen-bond donors (Lipinski definition) is 1. The largest absolute Gasteiger partial charge is 0.481 e. The van der Waals surface area contributed by atoms with Crippen LogP contribution in [-0.2, 0) is 9.59 Å². The summed E-state index contributed by atoms with van der Waals surface area (Å²) in [6, 6.07) is 0.454. The van der Waals surface area contributed by atoms with Crippen LogP contribution in [0.1, 0.15) is 51.4 Å². The van der Waals surface area contributed by atoms with E-state index >= 15 is 0 Å². The Morgan fingerprint density at radius 2 is 1.65 bits per heavy atom. The predicted molar refractivity (Wildman–Crippen MR) is 90.7 cm³/mol. The second-order valence-electron chi connectivity index (χ2n) is 7.25. The van der Waals surface area contributed by atoms with Crippen molar-refractivity contribution in [1.82, 2.24) is 9.80 Å². The van der Waals surface area contributed by atoms with Crippen molar-refractivity contribution in [2.45, 2.75) is 57.4 Å². The normalized spacial score (nSPS) is 31.8. The van der Waals surface area contributed by atoms with Crippen molar-refractivity contribution >= 4 is 24.3 Å². The minimum atomic E-state index is -0.720. The molecule has 0 radical (unpaired) electrons. The van der Waals surface area contributed by atoms with Gasteiger partial charge in [-0.1, -0.05) is 12.8 Å². The molecule has 0 aromatic rings. The van der Waals surface area contributed by atoms with Crippen LogP contribution in [-0.4, -0.2) is 59.0 Å². The number of nitrogens with zero attached hydrogens (tertiary/aromatic N) is 2. The molecular formula is C17H29ClN2O3. The van der Waals surface area contributed by atoms with Gasteiger partial charge in [0.25, 0.3) is 0 Å². The number of carbonyl (C=O) groups is 2. The second kappa shape index (κ2) is 8.34. The fourth-order valence-corrected chi connectivity index (χ4v) is 4.62. The molecule has 5 nitrogen and oxygen atoms in total. The van der Waals surface area contributed by atoms with Gasteiger partial charge in [0.2, 0.25) is 5.91 Å². The van der Waals surface area contributed by atoms with Crippen molar-refractivity contribution < 1.29 is 14.7 Å². The quantitative estimate of drug-likeness (QED) is 0.854. The summed E-state index contributed by atoms with van der Waals surface area (Å²) in [5.74, 6) is -0.0880. The highest BCUT2D eigenvalue weighted by Gasteiger charge is 2.36. The Labute approximate surface area is 144 Å². The van der Waals surface area contributed by atoms with E-state index in [0.717, 1.165) is 38.8 Å². The molecule has 1 saturated carbocycles. The van der Waals surface area contributed by atoms with Crippen molar-refractivity contribution in [1.29, 1.82) is 0 Å². The van der Waals surface area contributed by atoms with Crippen LogP contribution in [0.4, 0.5) is 0 Å². The van der Waals surface area contributed by atoms with Crippen LogP contribution in [0.5, 0.6) is 0 Å². The van der Waals surface area contributed by atoms with Gasteiger partial charge in [-0.3, -0.25) is 14.5 Å². The highest BCUT2D eigenvalue weighted by molar-refractivity contribution is 5.85. The van der Waals surface area contributed by atoms with Crippen molar-refractivity contribution in [3.8, 4) is 0 Å². The Morgan fingerprint density at radius 1 is 0.957 bits per heavy atom. The third-order valence-corrected chi connectivity index (χ3v) is 5.78. The van der Waals surface area contributed by atoms with Crippen molar-refractivity contribution in [3.05, 3.63) is 0 Å². The van der Waals surface area contributed by atoms with E-state index in [1.807, 2.05) is 0 Å². The van der Waals surface area contributed by atoms with Crippen LogP contribution in [0.3, 0.4) is 0 Å². The molecule has 0 spiro atoms. The Kier molecular flexibility index (Phi) is 6.72. The lowest BCUT2D eigenvalue weighted by atomic mass is 9.78. The van der Waals surface area contributed by atoms with Gasteiger partial charge in [0, 0.05) is 19.1 Å². The van der Waals surface area contributed by atoms with E-state index in [-0.39, 0.29) is 24.2 Å². The third-order valence-electron chi connectivity index (χ3n) is 5.78. The third kappa shape index (κ3) is 4.38. The van der Waals surface area contributed by atoms with Gasteiger partial charge >= 0.3 is 5.97 Å². The van der Waals surface area contributed by atoms with Gasteiger partial charge in [-0.2, -0.15) is 0 Å². The van der Waals surface area contributed by atoms with E-state index in [0.29, 0.717) is 25.0 Å². The number of amides is 1. The predicted octanol–water partition coefficient (Wildman–Crippen LogP) is 2.39. The number of aliphatic carboxylic acids is 1. The lowest BCUT2D eigenvalue weighted by Gasteiger charge is -2.45. The molecule has 3 rings (SSSR count). The smallest absolute Gasteiger partial charge is 0.307 e. The van der Waals surface area contributed by atoms with Gasteiger partial charge in [0.1, 0.15) is 0 Å². The zero-order valence-electron chi connectivity index (χ0n) is 13.8. The minimum absolute atomic E-state index is 0. The Hall–Kier alpha value is -0.810. The average molecular weight is 345 g/mol. The van der Waals surface area contributed by atoms with Crippen LogP contribution >= 0.6 is 12.4 Å². The summed E-state index contributed by atoms with van der Waals surface area (Å²) in [5.41, 5.74) is 0. The van der Waals surface area contributed by atoms with Crippen LogP contribution < -0.4 is 0 Å². The van der Waals surface area contributed by atoms with E-state index in [9.17, 15) is 14.7 Å². The Morgan fingerprint density at radius 3 is 2.43 bits per heavy atom. The molecule has 0 aromatic carbocycles. The average Bonchev–Trinajstić information content (AvgIpc) is 2.54. The molecule has 3 aliphatic rings. The van der Waals surface area contributed by atoms with Crippen molar-refractivity contribution in [3.63, 3.8) is 0 Å². The first kappa shape index (κ1) is 18.5. The van der Waals surface area contributed by atoms with Crippen LogP contribution in [0.15, 0.2) is 0 Å². The van der Waals surface area contributed by atoms with E-state index in [4.69, 9.17) is 0 Å². The second-order valence-corrected chi connectivity index (χ2v) is 7.25. The van der Waals surface area contributed by atoms with E-state index in [1.165, 1.54) is 25.7 Å². The van der Waals surface area contributed by atoms with Gasteiger partial charge in [-0.05, 0) is 51.0 Å². The fourth-order valence-electron chi connectivity index (χ4n) is 4.62. The maximum atomic E-state index is 12.7. The number of carboxylic acid groups (broad SMARTS) is 1. The first-order valence-electron chi connectivity index (χ1n) is 8.90. The van der Waals surface area contributed by atoms with Crippen molar-refractivity contribution in [2.75, 3.05) is 26.2 Å². The molecule has 3 fully saturated rings. The number of halogens is 1. The Balaban J connectivity index is 0.00000192. The molecule has 0 aromatic heterocycles. The topological polar surface area (TPSA) is 60.9 Å². The van der Waals surface area contributed by atoms with Crippen LogP contribution in [0, 0.1) is 11.8 Å². The molecule has 3 atom stereocenters. The van der Waals surface area contributed by atoms with Gasteiger partial charge in [0.05, 0.1) is 12.5 Å². The zero-order chi connectivity index (χ0) is 15.5. The number of hydrogen-bond acceptors (Lipinski definition) is 3. The first-order chi connectivity index (χ1) is 10.6. The van der Waals surface area contributed by atoms with Gasteiger partial charge in [0.15, 0.2) is 0 Å². The summed E-state index contributed by atoms with van der Waals surface area (Å²) >= 11 is 0.